The van der Waals surface area contributed by atoms with Crippen LogP contribution in [0.15, 0.2) is 59.1 Å². The number of benzene rings is 2. The molecule has 0 saturated carbocycles. The normalized spacial score (nSPS) is 11.1. The highest BCUT2D eigenvalue weighted by atomic mass is 35.5. The standard InChI is InChI=1S/C21H13ClN6O/c1-12-8-19(25-16-5-3-2-4-15(12)16)28-20(13(10-23)11-24-28)27-21-26-17-9-14(22)6-7-18(17)29-21/h2-9,11H,1H3,(H,26,27). The summed E-state index contributed by atoms with van der Waals surface area (Å²) >= 11 is 6.02. The van der Waals surface area contributed by atoms with Gasteiger partial charge in [0, 0.05) is 10.4 Å². The quantitative estimate of drug-likeness (QED) is 0.450. The van der Waals surface area contributed by atoms with Gasteiger partial charge in [-0.05, 0) is 42.8 Å². The second-order valence-corrected chi connectivity index (χ2v) is 6.94. The van der Waals surface area contributed by atoms with E-state index >= 15 is 0 Å². The fourth-order valence-electron chi connectivity index (χ4n) is 3.22. The van der Waals surface area contributed by atoms with Gasteiger partial charge in [-0.15, -0.1) is 0 Å². The van der Waals surface area contributed by atoms with Gasteiger partial charge in [0.25, 0.3) is 0 Å². The molecule has 1 N–H and O–H groups in total. The topological polar surface area (TPSA) is 92.6 Å². The average Bonchev–Trinajstić information content (AvgIpc) is 3.31. The molecule has 0 radical (unpaired) electrons. The molecule has 2 aromatic carbocycles. The molecule has 0 unspecified atom stereocenters. The van der Waals surface area contributed by atoms with E-state index in [1.54, 1.807) is 22.9 Å². The van der Waals surface area contributed by atoms with Crippen LogP contribution in [0.4, 0.5) is 11.8 Å². The van der Waals surface area contributed by atoms with E-state index in [1.807, 2.05) is 37.3 Å². The van der Waals surface area contributed by atoms with Crippen LogP contribution in [0.5, 0.6) is 0 Å². The molecule has 0 aliphatic rings. The monoisotopic (exact) mass is 400 g/mol. The van der Waals surface area contributed by atoms with Gasteiger partial charge in [-0.3, -0.25) is 5.32 Å². The number of aryl methyl sites for hydroxylation is 1. The second kappa shape index (κ2) is 6.62. The van der Waals surface area contributed by atoms with Gasteiger partial charge in [-0.1, -0.05) is 29.8 Å². The Hall–Kier alpha value is -3.89. The van der Waals surface area contributed by atoms with Crippen molar-refractivity contribution < 1.29 is 4.42 Å². The molecule has 5 aromatic rings. The van der Waals surface area contributed by atoms with Crippen LogP contribution in [0.1, 0.15) is 11.1 Å². The van der Waals surface area contributed by atoms with Crippen molar-refractivity contribution in [3.05, 3.63) is 70.9 Å². The predicted molar refractivity (Wildman–Crippen MR) is 111 cm³/mol. The molecule has 0 atom stereocenters. The predicted octanol–water partition coefficient (Wildman–Crippen LogP) is 5.14. The summed E-state index contributed by atoms with van der Waals surface area (Å²) in [6, 6.07) is 17.4. The number of rotatable bonds is 3. The van der Waals surface area contributed by atoms with Crippen molar-refractivity contribution in [1.29, 1.82) is 5.26 Å². The molecule has 0 aliphatic heterocycles. The number of hydrogen-bond donors (Lipinski definition) is 1. The van der Waals surface area contributed by atoms with Gasteiger partial charge in [0.15, 0.2) is 17.2 Å². The van der Waals surface area contributed by atoms with E-state index in [0.29, 0.717) is 33.3 Å². The maximum absolute atomic E-state index is 9.53. The van der Waals surface area contributed by atoms with Gasteiger partial charge in [0.2, 0.25) is 0 Å². The molecule has 140 valence electrons. The van der Waals surface area contributed by atoms with E-state index in [1.165, 1.54) is 6.20 Å². The highest BCUT2D eigenvalue weighted by molar-refractivity contribution is 6.31. The van der Waals surface area contributed by atoms with E-state index in [2.05, 4.69) is 21.5 Å². The zero-order chi connectivity index (χ0) is 20.0. The van der Waals surface area contributed by atoms with Crippen LogP contribution in [0.2, 0.25) is 5.02 Å². The summed E-state index contributed by atoms with van der Waals surface area (Å²) in [5.41, 5.74) is 3.45. The fraction of sp³-hybridized carbons (Fsp3) is 0.0476. The van der Waals surface area contributed by atoms with E-state index in [-0.39, 0.29) is 6.01 Å². The summed E-state index contributed by atoms with van der Waals surface area (Å²) in [7, 11) is 0. The lowest BCUT2D eigenvalue weighted by molar-refractivity contribution is 0.621. The van der Waals surface area contributed by atoms with Crippen molar-refractivity contribution >= 4 is 45.4 Å². The first-order chi connectivity index (χ1) is 14.1. The van der Waals surface area contributed by atoms with E-state index in [9.17, 15) is 5.26 Å². The molecular formula is C21H13ClN6O. The van der Waals surface area contributed by atoms with Gasteiger partial charge >= 0.3 is 6.01 Å². The third-order valence-electron chi connectivity index (χ3n) is 4.59. The van der Waals surface area contributed by atoms with Crippen molar-refractivity contribution in [2.45, 2.75) is 6.92 Å². The number of nitriles is 1. The Kier molecular flexibility index (Phi) is 3.93. The molecule has 29 heavy (non-hydrogen) atoms. The third-order valence-corrected chi connectivity index (χ3v) is 4.83. The number of para-hydroxylation sites is 1. The third kappa shape index (κ3) is 2.96. The number of fused-ring (bicyclic) bond motifs is 2. The number of hydrogen-bond acceptors (Lipinski definition) is 6. The molecule has 8 heteroatoms. The molecule has 5 rings (SSSR count). The van der Waals surface area contributed by atoms with Crippen molar-refractivity contribution in [3.8, 4) is 11.9 Å². The van der Waals surface area contributed by atoms with Crippen LogP contribution in [-0.4, -0.2) is 19.7 Å². The number of pyridine rings is 1. The van der Waals surface area contributed by atoms with Gasteiger partial charge in [0.1, 0.15) is 17.1 Å². The average molecular weight is 401 g/mol. The lowest BCUT2D eigenvalue weighted by Crippen LogP contribution is -2.06. The molecule has 7 nitrogen and oxygen atoms in total. The summed E-state index contributed by atoms with van der Waals surface area (Å²) in [5.74, 6) is 1.01. The van der Waals surface area contributed by atoms with Crippen LogP contribution in [-0.2, 0) is 0 Å². The molecule has 0 amide bonds. The largest absolute Gasteiger partial charge is 0.423 e. The molecule has 0 saturated heterocycles. The number of anilines is 2. The Morgan fingerprint density at radius 2 is 1.97 bits per heavy atom. The summed E-state index contributed by atoms with van der Waals surface area (Å²) < 4.78 is 7.30. The molecule has 3 heterocycles. The maximum atomic E-state index is 9.53. The number of oxazole rings is 1. The fourth-order valence-corrected chi connectivity index (χ4v) is 3.39. The molecular weight excluding hydrogens is 388 g/mol. The zero-order valence-electron chi connectivity index (χ0n) is 15.2. The lowest BCUT2D eigenvalue weighted by Gasteiger charge is -2.10. The maximum Gasteiger partial charge on any atom is 0.301 e. The van der Waals surface area contributed by atoms with E-state index < -0.39 is 0 Å². The Morgan fingerprint density at radius 3 is 2.83 bits per heavy atom. The first kappa shape index (κ1) is 17.2. The van der Waals surface area contributed by atoms with E-state index in [0.717, 1.165) is 16.5 Å². The Morgan fingerprint density at radius 1 is 1.10 bits per heavy atom. The summed E-state index contributed by atoms with van der Waals surface area (Å²) in [6.45, 7) is 2.01. The van der Waals surface area contributed by atoms with E-state index in [4.69, 9.17) is 21.0 Å². The lowest BCUT2D eigenvalue weighted by atomic mass is 10.1. The molecule has 0 bridgehead atoms. The number of halogens is 1. The summed E-state index contributed by atoms with van der Waals surface area (Å²) in [6.07, 6.45) is 1.48. The SMILES string of the molecule is Cc1cc(-n2ncc(C#N)c2Nc2nc3cc(Cl)ccc3o2)nc2ccccc12. The first-order valence-corrected chi connectivity index (χ1v) is 9.18. The minimum Gasteiger partial charge on any atom is -0.423 e. The zero-order valence-corrected chi connectivity index (χ0v) is 16.0. The second-order valence-electron chi connectivity index (χ2n) is 6.50. The number of aromatic nitrogens is 4. The van der Waals surface area contributed by atoms with Crippen LogP contribution < -0.4 is 5.32 Å². The summed E-state index contributed by atoms with van der Waals surface area (Å²) in [5, 5.41) is 18.6. The van der Waals surface area contributed by atoms with Crippen LogP contribution >= 0.6 is 11.6 Å². The minimum absolute atomic E-state index is 0.234. The highest BCUT2D eigenvalue weighted by Crippen LogP contribution is 2.28. The van der Waals surface area contributed by atoms with Crippen molar-refractivity contribution in [3.63, 3.8) is 0 Å². The molecule has 3 aromatic heterocycles. The summed E-state index contributed by atoms with van der Waals surface area (Å²) in [4.78, 5) is 9.09. The molecule has 0 aliphatic carbocycles. The van der Waals surface area contributed by atoms with Gasteiger partial charge in [-0.25, -0.2) is 4.98 Å². The molecule has 0 fully saturated rings. The number of nitrogens with zero attached hydrogens (tertiary/aromatic N) is 5. The van der Waals surface area contributed by atoms with Crippen LogP contribution in [0.3, 0.4) is 0 Å². The van der Waals surface area contributed by atoms with Crippen molar-refractivity contribution in [1.82, 2.24) is 19.7 Å². The first-order valence-electron chi connectivity index (χ1n) is 8.80. The smallest absolute Gasteiger partial charge is 0.301 e. The van der Waals surface area contributed by atoms with Crippen LogP contribution in [0, 0.1) is 18.3 Å². The van der Waals surface area contributed by atoms with Crippen LogP contribution in [0.25, 0.3) is 27.8 Å². The minimum atomic E-state index is 0.234. The Bertz CT molecular complexity index is 1430. The van der Waals surface area contributed by atoms with Gasteiger partial charge in [-0.2, -0.15) is 20.0 Å². The molecule has 0 spiro atoms. The van der Waals surface area contributed by atoms with Crippen molar-refractivity contribution in [2.75, 3.05) is 5.32 Å². The Balaban J connectivity index is 1.62. The Labute approximate surface area is 170 Å². The van der Waals surface area contributed by atoms with Crippen molar-refractivity contribution in [2.24, 2.45) is 0 Å². The number of nitrogens with one attached hydrogen (secondary N) is 1. The van der Waals surface area contributed by atoms with Gasteiger partial charge in [0.05, 0.1) is 11.7 Å². The van der Waals surface area contributed by atoms with Gasteiger partial charge < -0.3 is 4.42 Å². The highest BCUT2D eigenvalue weighted by Gasteiger charge is 2.17.